The van der Waals surface area contributed by atoms with Crippen molar-refractivity contribution in [3.63, 3.8) is 0 Å². The molecular weight excluding hydrogens is 182 g/mol. The summed E-state index contributed by atoms with van der Waals surface area (Å²) in [5, 5.41) is 8.58. The van der Waals surface area contributed by atoms with Crippen LogP contribution < -0.4 is 0 Å². The van der Waals surface area contributed by atoms with Crippen LogP contribution in [0.1, 0.15) is 26.2 Å². The summed E-state index contributed by atoms with van der Waals surface area (Å²) < 4.78 is 5.16. The molecule has 1 rings (SSSR count). The Bertz CT molecular complexity index is 178. The van der Waals surface area contributed by atoms with Gasteiger partial charge in [0.25, 0.3) is 0 Å². The predicted molar refractivity (Wildman–Crippen MR) is 53.3 cm³/mol. The molecule has 4 heteroatoms. The van der Waals surface area contributed by atoms with Gasteiger partial charge in [0, 0.05) is 6.54 Å². The molecule has 1 aliphatic heterocycles. The minimum absolute atomic E-state index is 0.521. The van der Waals surface area contributed by atoms with Crippen LogP contribution in [0.15, 0.2) is 0 Å². The first kappa shape index (κ1) is 11.5. The summed E-state index contributed by atoms with van der Waals surface area (Å²) in [5.74, 6) is -0.886. The molecule has 14 heavy (non-hydrogen) atoms. The van der Waals surface area contributed by atoms with Gasteiger partial charge < -0.3 is 14.7 Å². The number of ether oxygens (including phenoxy) is 1. The van der Waals surface area contributed by atoms with E-state index in [1.807, 2.05) is 0 Å². The summed E-state index contributed by atoms with van der Waals surface area (Å²) in [4.78, 5) is 12.8. The first-order chi connectivity index (χ1) is 6.70. The molecule has 1 heterocycles. The van der Waals surface area contributed by atoms with Crippen molar-refractivity contribution in [2.45, 2.75) is 32.3 Å². The molecule has 1 N–H and O–H groups in total. The van der Waals surface area contributed by atoms with Crippen molar-refractivity contribution in [3.8, 4) is 0 Å². The normalized spacial score (nSPS) is 20.6. The fourth-order valence-electron chi connectivity index (χ4n) is 1.61. The Hall–Kier alpha value is -0.610. The van der Waals surface area contributed by atoms with E-state index in [0.717, 1.165) is 19.6 Å². The first-order valence-corrected chi connectivity index (χ1v) is 5.27. The van der Waals surface area contributed by atoms with Crippen LogP contribution in [0.5, 0.6) is 0 Å². The molecule has 1 saturated heterocycles. The summed E-state index contributed by atoms with van der Waals surface area (Å²) in [6.07, 6.45) is 3.16. The van der Waals surface area contributed by atoms with Crippen LogP contribution in [0, 0.1) is 0 Å². The van der Waals surface area contributed by atoms with Crippen molar-refractivity contribution >= 4 is 5.97 Å². The highest BCUT2D eigenvalue weighted by atomic mass is 16.5. The number of aliphatic carboxylic acids is 1. The van der Waals surface area contributed by atoms with Crippen molar-refractivity contribution in [2.75, 3.05) is 26.2 Å². The number of carboxylic acids is 1. The zero-order valence-electron chi connectivity index (χ0n) is 8.74. The van der Waals surface area contributed by atoms with Crippen molar-refractivity contribution in [2.24, 2.45) is 0 Å². The minimum atomic E-state index is -0.886. The molecule has 0 bridgehead atoms. The second kappa shape index (κ2) is 5.98. The Labute approximate surface area is 84.8 Å². The van der Waals surface area contributed by atoms with Gasteiger partial charge in [0.05, 0.1) is 6.61 Å². The fourth-order valence-corrected chi connectivity index (χ4v) is 1.61. The van der Waals surface area contributed by atoms with Crippen LogP contribution in [-0.2, 0) is 9.53 Å². The standard InChI is InChI=1S/C10H19NO3/c1-9(10(12)13)14-8-7-11-5-3-2-4-6-11/h9H,2-8H2,1H3,(H,12,13)/t9-/m1/s1. The Morgan fingerprint density at radius 3 is 2.64 bits per heavy atom. The average Bonchev–Trinajstić information content (AvgIpc) is 2.19. The molecule has 4 nitrogen and oxygen atoms in total. The first-order valence-electron chi connectivity index (χ1n) is 5.27. The van der Waals surface area contributed by atoms with Gasteiger partial charge in [-0.3, -0.25) is 0 Å². The van der Waals surface area contributed by atoms with Crippen LogP contribution in [-0.4, -0.2) is 48.3 Å². The number of carbonyl (C=O) groups is 1. The molecule has 0 aliphatic carbocycles. The van der Waals surface area contributed by atoms with E-state index in [0.29, 0.717) is 6.61 Å². The van der Waals surface area contributed by atoms with Crippen LogP contribution in [0.25, 0.3) is 0 Å². The summed E-state index contributed by atoms with van der Waals surface area (Å²) in [5.41, 5.74) is 0. The molecule has 0 amide bonds. The molecule has 1 fully saturated rings. The number of likely N-dealkylation sites (tertiary alicyclic amines) is 1. The molecule has 0 saturated carbocycles. The van der Waals surface area contributed by atoms with Gasteiger partial charge in [-0.1, -0.05) is 6.42 Å². The van der Waals surface area contributed by atoms with E-state index in [9.17, 15) is 4.79 Å². The lowest BCUT2D eigenvalue weighted by Gasteiger charge is -2.26. The van der Waals surface area contributed by atoms with E-state index in [-0.39, 0.29) is 0 Å². The van der Waals surface area contributed by atoms with E-state index >= 15 is 0 Å². The number of rotatable bonds is 5. The van der Waals surface area contributed by atoms with Gasteiger partial charge in [-0.2, -0.15) is 0 Å². The lowest BCUT2D eigenvalue weighted by Crippen LogP contribution is -2.34. The van der Waals surface area contributed by atoms with Crippen LogP contribution in [0.3, 0.4) is 0 Å². The highest BCUT2D eigenvalue weighted by molar-refractivity contribution is 5.71. The second-order valence-corrected chi connectivity index (χ2v) is 3.75. The van der Waals surface area contributed by atoms with Gasteiger partial charge in [0.2, 0.25) is 0 Å². The van der Waals surface area contributed by atoms with Crippen LogP contribution >= 0.6 is 0 Å². The second-order valence-electron chi connectivity index (χ2n) is 3.75. The molecule has 0 radical (unpaired) electrons. The lowest BCUT2D eigenvalue weighted by molar-refractivity contribution is -0.149. The van der Waals surface area contributed by atoms with E-state index in [1.165, 1.54) is 19.3 Å². The smallest absolute Gasteiger partial charge is 0.332 e. The lowest BCUT2D eigenvalue weighted by atomic mass is 10.1. The van der Waals surface area contributed by atoms with Crippen LogP contribution in [0.2, 0.25) is 0 Å². The molecule has 82 valence electrons. The third-order valence-corrected chi connectivity index (χ3v) is 2.57. The average molecular weight is 201 g/mol. The molecule has 0 unspecified atom stereocenters. The molecule has 1 aliphatic rings. The third kappa shape index (κ3) is 4.07. The van der Waals surface area contributed by atoms with Gasteiger partial charge in [0.15, 0.2) is 6.10 Å². The van der Waals surface area contributed by atoms with Gasteiger partial charge in [-0.05, 0) is 32.9 Å². The summed E-state index contributed by atoms with van der Waals surface area (Å²) in [7, 11) is 0. The van der Waals surface area contributed by atoms with Gasteiger partial charge in [0.1, 0.15) is 0 Å². The zero-order valence-corrected chi connectivity index (χ0v) is 8.74. The van der Waals surface area contributed by atoms with Crippen molar-refractivity contribution in [3.05, 3.63) is 0 Å². The SMILES string of the molecule is C[C@@H](OCCN1CCCCC1)C(=O)O. The number of carboxylic acid groups (broad SMARTS) is 1. The Morgan fingerprint density at radius 2 is 2.07 bits per heavy atom. The molecule has 1 atom stereocenters. The number of hydrogen-bond acceptors (Lipinski definition) is 3. The monoisotopic (exact) mass is 201 g/mol. The Morgan fingerprint density at radius 1 is 1.43 bits per heavy atom. The molecule has 0 aromatic carbocycles. The quantitative estimate of drug-likeness (QED) is 0.720. The van der Waals surface area contributed by atoms with Crippen molar-refractivity contribution < 1.29 is 14.6 Å². The summed E-state index contributed by atoms with van der Waals surface area (Å²) in [6.45, 7) is 5.21. The third-order valence-electron chi connectivity index (χ3n) is 2.57. The maximum absolute atomic E-state index is 10.4. The number of hydrogen-bond donors (Lipinski definition) is 1. The number of nitrogens with zero attached hydrogens (tertiary/aromatic N) is 1. The molecular formula is C10H19NO3. The zero-order chi connectivity index (χ0) is 10.4. The van der Waals surface area contributed by atoms with Gasteiger partial charge in [-0.15, -0.1) is 0 Å². The highest BCUT2D eigenvalue weighted by Crippen LogP contribution is 2.07. The Kier molecular flexibility index (Phi) is 4.90. The topological polar surface area (TPSA) is 49.8 Å². The molecule has 0 spiro atoms. The molecule has 0 aromatic heterocycles. The highest BCUT2D eigenvalue weighted by Gasteiger charge is 2.13. The van der Waals surface area contributed by atoms with Crippen LogP contribution in [0.4, 0.5) is 0 Å². The van der Waals surface area contributed by atoms with E-state index in [2.05, 4.69) is 4.90 Å². The van der Waals surface area contributed by atoms with Gasteiger partial charge >= 0.3 is 5.97 Å². The summed E-state index contributed by atoms with van der Waals surface area (Å²) in [6, 6.07) is 0. The summed E-state index contributed by atoms with van der Waals surface area (Å²) >= 11 is 0. The van der Waals surface area contributed by atoms with E-state index < -0.39 is 12.1 Å². The largest absolute Gasteiger partial charge is 0.479 e. The van der Waals surface area contributed by atoms with Crippen molar-refractivity contribution in [1.82, 2.24) is 4.90 Å². The number of piperidine rings is 1. The maximum Gasteiger partial charge on any atom is 0.332 e. The fraction of sp³-hybridized carbons (Fsp3) is 0.900. The maximum atomic E-state index is 10.4. The molecule has 0 aromatic rings. The van der Waals surface area contributed by atoms with Gasteiger partial charge in [-0.25, -0.2) is 4.79 Å². The Balaban J connectivity index is 2.05. The predicted octanol–water partition coefficient (Wildman–Crippen LogP) is 0.962. The van der Waals surface area contributed by atoms with E-state index in [1.54, 1.807) is 6.92 Å². The van der Waals surface area contributed by atoms with Crippen molar-refractivity contribution in [1.29, 1.82) is 0 Å². The van der Waals surface area contributed by atoms with E-state index in [4.69, 9.17) is 9.84 Å². The minimum Gasteiger partial charge on any atom is -0.479 e.